The van der Waals surface area contributed by atoms with Crippen LogP contribution in [0.3, 0.4) is 0 Å². The Bertz CT molecular complexity index is 1420. The molecular weight excluding hydrogens is 552 g/mol. The molecule has 1 unspecified atom stereocenters. The van der Waals surface area contributed by atoms with E-state index in [-0.39, 0.29) is 6.61 Å². The summed E-state index contributed by atoms with van der Waals surface area (Å²) in [5.41, 5.74) is 2.06. The minimum atomic E-state index is -1.55. The zero-order valence-corrected chi connectivity index (χ0v) is 24.1. The van der Waals surface area contributed by atoms with Crippen LogP contribution in [0.15, 0.2) is 120 Å². The van der Waals surface area contributed by atoms with E-state index in [4.69, 9.17) is 28.4 Å². The highest BCUT2D eigenvalue weighted by molar-refractivity contribution is 7.85. The average molecular weight is 587 g/mol. The summed E-state index contributed by atoms with van der Waals surface area (Å²) in [4.78, 5) is 0.656. The topological polar surface area (TPSA) is 72.5 Å². The molecule has 4 aromatic carbocycles. The molecule has 8 heteroatoms. The molecule has 2 aliphatic heterocycles. The summed E-state index contributed by atoms with van der Waals surface area (Å²) in [6.07, 6.45) is -2.90. The molecule has 2 fully saturated rings. The third-order valence-electron chi connectivity index (χ3n) is 7.43. The lowest BCUT2D eigenvalue weighted by Gasteiger charge is -2.49. The van der Waals surface area contributed by atoms with Crippen LogP contribution >= 0.6 is 0 Å². The molecule has 42 heavy (non-hydrogen) atoms. The fraction of sp³-hybridized carbons (Fsp3) is 0.294. The number of hydrogen-bond donors (Lipinski definition) is 0. The highest BCUT2D eigenvalue weighted by atomic mass is 32.2. The standard InChI is InChI=1S/C34H34O7S/c1-36-27-19-17-25(18-20-27)22-37-31-30-29(23-39-33(41-30)26-13-7-3-8-14-26)40-34(42(35)28-15-9-4-10-16-28)32(31)38-21-24-11-5-2-6-12-24/h2-20,29-34H,21-23H2,1H3/t29-,30-,31+,32+,33-,34-,42?/m1/s1. The van der Waals surface area contributed by atoms with E-state index >= 15 is 0 Å². The van der Waals surface area contributed by atoms with Crippen molar-refractivity contribution in [3.8, 4) is 5.75 Å². The monoisotopic (exact) mass is 586 g/mol. The first kappa shape index (κ1) is 28.7. The first-order chi connectivity index (χ1) is 20.7. The molecule has 2 saturated heterocycles. The van der Waals surface area contributed by atoms with E-state index in [1.54, 1.807) is 7.11 Å². The minimum absolute atomic E-state index is 0.264. The van der Waals surface area contributed by atoms with Gasteiger partial charge in [-0.25, -0.2) is 0 Å². The summed E-state index contributed by atoms with van der Waals surface area (Å²) < 4.78 is 51.8. The summed E-state index contributed by atoms with van der Waals surface area (Å²) in [6, 6.07) is 36.7. The third kappa shape index (κ3) is 6.65. The lowest BCUT2D eigenvalue weighted by Crippen LogP contribution is -2.63. The highest BCUT2D eigenvalue weighted by Crippen LogP contribution is 2.38. The zero-order chi connectivity index (χ0) is 28.7. The number of hydrogen-bond acceptors (Lipinski definition) is 7. The molecule has 7 atom stereocenters. The summed E-state index contributed by atoms with van der Waals surface area (Å²) in [6.45, 7) is 0.865. The second kappa shape index (κ2) is 13.7. The van der Waals surface area contributed by atoms with Gasteiger partial charge in [0.15, 0.2) is 11.7 Å². The molecule has 0 bridgehead atoms. The van der Waals surface area contributed by atoms with Gasteiger partial charge in [-0.1, -0.05) is 91.0 Å². The minimum Gasteiger partial charge on any atom is -0.497 e. The first-order valence-corrected chi connectivity index (χ1v) is 15.2. The maximum absolute atomic E-state index is 14.0. The lowest BCUT2D eigenvalue weighted by molar-refractivity contribution is -0.330. The third-order valence-corrected chi connectivity index (χ3v) is 8.97. The van der Waals surface area contributed by atoms with Crippen molar-refractivity contribution in [1.29, 1.82) is 0 Å². The second-order valence-corrected chi connectivity index (χ2v) is 11.7. The maximum Gasteiger partial charge on any atom is 0.184 e. The van der Waals surface area contributed by atoms with E-state index in [0.717, 1.165) is 22.4 Å². The van der Waals surface area contributed by atoms with Crippen LogP contribution < -0.4 is 4.74 Å². The number of benzene rings is 4. The van der Waals surface area contributed by atoms with Crippen LogP contribution in [0.4, 0.5) is 0 Å². The van der Waals surface area contributed by atoms with Gasteiger partial charge in [0.05, 0.1) is 37.7 Å². The first-order valence-electron chi connectivity index (χ1n) is 14.0. The van der Waals surface area contributed by atoms with Gasteiger partial charge in [0.1, 0.15) is 30.2 Å². The Hall–Kier alpha value is -3.37. The molecule has 0 amide bonds. The van der Waals surface area contributed by atoms with E-state index in [2.05, 4.69) is 0 Å². The van der Waals surface area contributed by atoms with Crippen LogP contribution in [0.25, 0.3) is 0 Å². The Balaban J connectivity index is 1.33. The average Bonchev–Trinajstić information content (AvgIpc) is 3.07. The Morgan fingerprint density at radius 3 is 1.98 bits per heavy atom. The molecule has 2 heterocycles. The fourth-order valence-electron chi connectivity index (χ4n) is 5.23. The lowest BCUT2D eigenvalue weighted by atomic mass is 9.98. The van der Waals surface area contributed by atoms with Crippen LogP contribution in [-0.2, 0) is 47.7 Å². The van der Waals surface area contributed by atoms with Gasteiger partial charge in [-0.2, -0.15) is 0 Å². The quantitative estimate of drug-likeness (QED) is 0.232. The normalized spacial score (nSPS) is 26.2. The van der Waals surface area contributed by atoms with Crippen molar-refractivity contribution in [2.45, 2.75) is 54.3 Å². The smallest absolute Gasteiger partial charge is 0.184 e. The molecule has 0 spiro atoms. The van der Waals surface area contributed by atoms with Crippen molar-refractivity contribution in [3.05, 3.63) is 132 Å². The van der Waals surface area contributed by atoms with Gasteiger partial charge in [0.2, 0.25) is 0 Å². The summed E-state index contributed by atoms with van der Waals surface area (Å²) in [5, 5.41) is 0. The molecular formula is C34H34O7S. The molecule has 0 aromatic heterocycles. The molecule has 0 N–H and O–H groups in total. The van der Waals surface area contributed by atoms with Crippen molar-refractivity contribution in [1.82, 2.24) is 0 Å². The molecule has 4 aromatic rings. The fourth-order valence-corrected chi connectivity index (χ4v) is 6.65. The van der Waals surface area contributed by atoms with Crippen LogP contribution in [0.5, 0.6) is 5.75 Å². The SMILES string of the molecule is COc1ccc(CO[C@H]2[C@@H]3O[C@H](c4ccccc4)OC[C@H]3O[C@H](S(=O)c3ccccc3)[C@H]2OCc2ccccc2)cc1. The highest BCUT2D eigenvalue weighted by Gasteiger charge is 2.53. The van der Waals surface area contributed by atoms with Crippen molar-refractivity contribution in [2.24, 2.45) is 0 Å². The second-order valence-electron chi connectivity index (χ2n) is 10.2. The van der Waals surface area contributed by atoms with E-state index < -0.39 is 46.9 Å². The van der Waals surface area contributed by atoms with Gasteiger partial charge in [-0.05, 0) is 35.4 Å². The van der Waals surface area contributed by atoms with Crippen molar-refractivity contribution in [2.75, 3.05) is 13.7 Å². The summed E-state index contributed by atoms with van der Waals surface area (Å²) >= 11 is 0. The van der Waals surface area contributed by atoms with Crippen LogP contribution in [0, 0.1) is 0 Å². The van der Waals surface area contributed by atoms with E-state index in [1.165, 1.54) is 0 Å². The summed E-state index contributed by atoms with van der Waals surface area (Å²) in [5.74, 6) is 0.769. The van der Waals surface area contributed by atoms with Gasteiger partial charge in [-0.3, -0.25) is 4.21 Å². The Morgan fingerprint density at radius 2 is 1.31 bits per heavy atom. The molecule has 0 saturated carbocycles. The molecule has 218 valence electrons. The predicted molar refractivity (Wildman–Crippen MR) is 158 cm³/mol. The Labute approximate surface area is 248 Å². The molecule has 0 radical (unpaired) electrons. The van der Waals surface area contributed by atoms with Gasteiger partial charge in [0.25, 0.3) is 0 Å². The largest absolute Gasteiger partial charge is 0.497 e. The van der Waals surface area contributed by atoms with Crippen LogP contribution in [0.1, 0.15) is 23.0 Å². The van der Waals surface area contributed by atoms with Crippen LogP contribution in [-0.4, -0.2) is 47.8 Å². The van der Waals surface area contributed by atoms with Gasteiger partial charge in [-0.15, -0.1) is 0 Å². The Kier molecular flexibility index (Phi) is 9.40. The van der Waals surface area contributed by atoms with Crippen molar-refractivity contribution in [3.63, 3.8) is 0 Å². The Morgan fingerprint density at radius 1 is 0.714 bits per heavy atom. The van der Waals surface area contributed by atoms with Crippen molar-refractivity contribution >= 4 is 10.8 Å². The van der Waals surface area contributed by atoms with E-state index in [0.29, 0.717) is 18.1 Å². The molecule has 0 aliphatic carbocycles. The molecule has 2 aliphatic rings. The summed E-state index contributed by atoms with van der Waals surface area (Å²) in [7, 11) is 0.0942. The molecule has 7 nitrogen and oxygen atoms in total. The van der Waals surface area contributed by atoms with Crippen LogP contribution in [0.2, 0.25) is 0 Å². The predicted octanol–water partition coefficient (Wildman–Crippen LogP) is 5.81. The molecule has 6 rings (SSSR count). The number of methoxy groups -OCH3 is 1. The number of ether oxygens (including phenoxy) is 6. The maximum atomic E-state index is 14.0. The van der Waals surface area contributed by atoms with Gasteiger partial charge >= 0.3 is 0 Å². The van der Waals surface area contributed by atoms with Gasteiger partial charge in [0, 0.05) is 10.5 Å². The number of rotatable bonds is 10. The number of fused-ring (bicyclic) bond motifs is 1. The van der Waals surface area contributed by atoms with E-state index in [9.17, 15) is 4.21 Å². The zero-order valence-electron chi connectivity index (χ0n) is 23.3. The van der Waals surface area contributed by atoms with E-state index in [1.807, 2.05) is 115 Å². The van der Waals surface area contributed by atoms with Gasteiger partial charge < -0.3 is 28.4 Å². The van der Waals surface area contributed by atoms with Crippen molar-refractivity contribution < 1.29 is 32.6 Å².